The number of nitrogen functional groups attached to an aromatic ring is 1. The quantitative estimate of drug-likeness (QED) is 0.186. The summed E-state index contributed by atoms with van der Waals surface area (Å²) in [4.78, 5) is 40.4. The number of aliphatic hydroxyl groups is 1. The maximum Gasteiger partial charge on any atom is 0.298 e. The van der Waals surface area contributed by atoms with Gasteiger partial charge in [-0.15, -0.1) is 11.3 Å². The number of rotatable bonds is 10. The lowest BCUT2D eigenvalue weighted by molar-refractivity contribution is -0.00425. The molecule has 16 heteroatoms. The fourth-order valence-electron chi connectivity index (χ4n) is 7.08. The number of aromatic nitrogens is 5. The van der Waals surface area contributed by atoms with Crippen molar-refractivity contribution >= 4 is 44.8 Å². The Morgan fingerprint density at radius 3 is 2.72 bits per heavy atom. The summed E-state index contributed by atoms with van der Waals surface area (Å²) in [6, 6.07) is 20.0. The maximum atomic E-state index is 14.9. The molecule has 0 aliphatic carbocycles. The number of benzene rings is 3. The van der Waals surface area contributed by atoms with E-state index in [0.717, 1.165) is 34.8 Å². The van der Waals surface area contributed by atoms with Gasteiger partial charge in [-0.2, -0.15) is 5.10 Å². The normalized spacial score (nSPS) is 17.0. The van der Waals surface area contributed by atoms with Crippen LogP contribution < -0.4 is 26.2 Å². The van der Waals surface area contributed by atoms with Gasteiger partial charge in [-0.25, -0.2) is 23.4 Å². The monoisotopic (exact) mass is 739 g/mol. The van der Waals surface area contributed by atoms with Gasteiger partial charge in [0.25, 0.3) is 11.5 Å². The highest BCUT2D eigenvalue weighted by Gasteiger charge is 2.35. The number of para-hydroxylation sites is 1. The van der Waals surface area contributed by atoms with Gasteiger partial charge >= 0.3 is 0 Å². The van der Waals surface area contributed by atoms with Gasteiger partial charge < -0.3 is 30.7 Å². The maximum absolute atomic E-state index is 14.9. The van der Waals surface area contributed by atoms with Crippen LogP contribution in [0.4, 0.5) is 26.0 Å². The molecule has 2 atom stereocenters. The zero-order chi connectivity index (χ0) is 36.7. The van der Waals surface area contributed by atoms with Gasteiger partial charge in [0, 0.05) is 43.0 Å². The zero-order valence-electron chi connectivity index (χ0n) is 28.4. The summed E-state index contributed by atoms with van der Waals surface area (Å²) in [7, 11) is 0. The fraction of sp³-hybridized carbons (Fsp3) is 0.270. The first kappa shape index (κ1) is 34.4. The highest BCUT2D eigenvalue weighted by molar-refractivity contribution is 7.20. The number of likely N-dealkylation sites (tertiary alicyclic amines) is 1. The van der Waals surface area contributed by atoms with Crippen molar-refractivity contribution < 1.29 is 23.4 Å². The Hall–Kier alpha value is -5.71. The van der Waals surface area contributed by atoms with Crippen molar-refractivity contribution in [3.8, 4) is 11.4 Å². The lowest BCUT2D eigenvalue weighted by Crippen LogP contribution is -2.39. The molecule has 0 spiro atoms. The van der Waals surface area contributed by atoms with Crippen molar-refractivity contribution in [2.45, 2.75) is 31.0 Å². The Labute approximate surface area is 305 Å². The number of nitrogens with two attached hydrogens (primary N) is 1. The second-order valence-electron chi connectivity index (χ2n) is 13.2. The van der Waals surface area contributed by atoms with E-state index < -0.39 is 22.8 Å². The average molecular weight is 740 g/mol. The second-order valence-corrected chi connectivity index (χ2v) is 14.2. The molecule has 1 amide bonds. The van der Waals surface area contributed by atoms with Gasteiger partial charge in [0.05, 0.1) is 34.9 Å². The Balaban J connectivity index is 0.990. The van der Waals surface area contributed by atoms with Crippen LogP contribution in [0.5, 0.6) is 5.75 Å². The smallest absolute Gasteiger partial charge is 0.298 e. The SMILES string of the molecule is Nc1nc2sc(C(=O)N[C@@H]3CCN(CC[C@](O)(Cn4cncn4)c4ccc(F)cc4F)C3)cc2n(-c2ccc3c(c2)N(c2ccccc2)CCO3)c1=O. The van der Waals surface area contributed by atoms with Gasteiger partial charge in [0.1, 0.15) is 47.1 Å². The second kappa shape index (κ2) is 14.0. The summed E-state index contributed by atoms with van der Waals surface area (Å²) >= 11 is 1.14. The minimum absolute atomic E-state index is 0.0341. The molecule has 4 N–H and O–H groups in total. The summed E-state index contributed by atoms with van der Waals surface area (Å²) < 4.78 is 37.4. The molecule has 0 saturated carbocycles. The average Bonchev–Trinajstić information content (AvgIpc) is 3.93. The van der Waals surface area contributed by atoms with E-state index in [9.17, 15) is 23.5 Å². The molecule has 2 aliphatic rings. The summed E-state index contributed by atoms with van der Waals surface area (Å²) in [6.45, 7) is 2.55. The van der Waals surface area contributed by atoms with E-state index in [1.807, 2.05) is 42.5 Å². The Morgan fingerprint density at radius 2 is 1.92 bits per heavy atom. The first-order valence-electron chi connectivity index (χ1n) is 17.1. The Bertz CT molecular complexity index is 2350. The van der Waals surface area contributed by atoms with Crippen molar-refractivity contribution in [3.63, 3.8) is 0 Å². The first-order valence-corrected chi connectivity index (χ1v) is 17.9. The van der Waals surface area contributed by atoms with Gasteiger partial charge in [-0.3, -0.25) is 14.2 Å². The number of nitrogens with zero attached hydrogens (tertiary/aromatic N) is 7. The van der Waals surface area contributed by atoms with Crippen LogP contribution in [0.15, 0.2) is 90.2 Å². The molecular weight excluding hydrogens is 705 g/mol. The molecule has 53 heavy (non-hydrogen) atoms. The van der Waals surface area contributed by atoms with Crippen molar-refractivity contribution in [2.24, 2.45) is 0 Å². The van der Waals surface area contributed by atoms with Crippen molar-refractivity contribution in [1.29, 1.82) is 0 Å². The topological polar surface area (TPSA) is 157 Å². The molecule has 0 radical (unpaired) electrons. The number of amides is 1. The van der Waals surface area contributed by atoms with Crippen molar-refractivity contribution in [1.82, 2.24) is 34.5 Å². The molecule has 3 aromatic heterocycles. The third-order valence-electron chi connectivity index (χ3n) is 9.71. The molecule has 2 aliphatic heterocycles. The Kier molecular flexibility index (Phi) is 9.10. The minimum atomic E-state index is -1.70. The van der Waals surface area contributed by atoms with E-state index in [1.165, 1.54) is 28.0 Å². The third-order valence-corrected chi connectivity index (χ3v) is 10.7. The van der Waals surface area contributed by atoms with Gasteiger partial charge in [-0.1, -0.05) is 24.3 Å². The summed E-state index contributed by atoms with van der Waals surface area (Å²) in [6.07, 6.45) is 3.51. The minimum Gasteiger partial charge on any atom is -0.490 e. The third kappa shape index (κ3) is 6.83. The predicted molar refractivity (Wildman–Crippen MR) is 196 cm³/mol. The lowest BCUT2D eigenvalue weighted by Gasteiger charge is -2.31. The molecule has 6 aromatic rings. The number of hydrogen-bond acceptors (Lipinski definition) is 11. The number of nitrogens with one attached hydrogen (secondary N) is 1. The van der Waals surface area contributed by atoms with Crippen LogP contribution in [0.3, 0.4) is 0 Å². The van der Waals surface area contributed by atoms with Gasteiger partial charge in [0.2, 0.25) is 0 Å². The largest absolute Gasteiger partial charge is 0.490 e. The highest BCUT2D eigenvalue weighted by Crippen LogP contribution is 2.39. The number of anilines is 3. The van der Waals surface area contributed by atoms with E-state index in [-0.39, 0.29) is 36.3 Å². The van der Waals surface area contributed by atoms with Crippen LogP contribution in [-0.2, 0) is 12.1 Å². The summed E-state index contributed by atoms with van der Waals surface area (Å²) in [5, 5.41) is 18.8. The zero-order valence-corrected chi connectivity index (χ0v) is 29.2. The Morgan fingerprint density at radius 1 is 1.08 bits per heavy atom. The van der Waals surface area contributed by atoms with Crippen LogP contribution in [0, 0.1) is 11.6 Å². The van der Waals surface area contributed by atoms with Crippen LogP contribution in [0.2, 0.25) is 0 Å². The molecule has 8 rings (SSSR count). The summed E-state index contributed by atoms with van der Waals surface area (Å²) in [5.41, 5.74) is 6.69. The van der Waals surface area contributed by atoms with Crippen LogP contribution >= 0.6 is 11.3 Å². The molecule has 3 aromatic carbocycles. The van der Waals surface area contributed by atoms with E-state index in [2.05, 4.69) is 30.2 Å². The molecule has 5 heterocycles. The van der Waals surface area contributed by atoms with E-state index in [4.69, 9.17) is 10.5 Å². The van der Waals surface area contributed by atoms with E-state index in [1.54, 1.807) is 12.1 Å². The molecule has 1 saturated heterocycles. The van der Waals surface area contributed by atoms with Crippen LogP contribution in [0.25, 0.3) is 16.0 Å². The van der Waals surface area contributed by atoms with Crippen LogP contribution in [0.1, 0.15) is 28.1 Å². The predicted octanol–water partition coefficient (Wildman–Crippen LogP) is 4.21. The molecule has 0 bridgehead atoms. The fourth-order valence-corrected chi connectivity index (χ4v) is 8.01. The standard InChI is InChI=1S/C37H35F2N9O4S/c38-23-6-8-27(28(39)16-23)37(51,20-46-22-41-21-42-46)11-13-45-12-10-24(19-45)43-34(49)32-18-30-35(53-32)44-33(40)36(50)48(30)26-7-9-31-29(17-26)47(14-15-52-31)25-4-2-1-3-5-25/h1-9,16-18,21-22,24,51H,10-15,19-20H2,(H2,40,44)(H,43,49)/t24-,37+/m1/s1. The number of fused-ring (bicyclic) bond motifs is 2. The van der Waals surface area contributed by atoms with E-state index in [0.29, 0.717) is 65.9 Å². The number of halogens is 2. The van der Waals surface area contributed by atoms with Crippen molar-refractivity contribution in [2.75, 3.05) is 43.4 Å². The number of hydrogen-bond donors (Lipinski definition) is 3. The highest BCUT2D eigenvalue weighted by atomic mass is 32.1. The number of carbonyl (C=O) groups is 1. The molecule has 1 fully saturated rings. The lowest BCUT2D eigenvalue weighted by atomic mass is 9.89. The number of ether oxygens (including phenoxy) is 1. The number of thiophene rings is 1. The summed E-state index contributed by atoms with van der Waals surface area (Å²) in [5.74, 6) is -1.40. The van der Waals surface area contributed by atoms with E-state index >= 15 is 0 Å². The van der Waals surface area contributed by atoms with Gasteiger partial charge in [-0.05, 0) is 55.3 Å². The molecule has 272 valence electrons. The van der Waals surface area contributed by atoms with Crippen molar-refractivity contribution in [3.05, 3.63) is 118 Å². The van der Waals surface area contributed by atoms with Crippen LogP contribution in [-0.4, -0.2) is 79.1 Å². The first-order chi connectivity index (χ1) is 25.6. The molecule has 13 nitrogen and oxygen atoms in total. The van der Waals surface area contributed by atoms with Gasteiger partial charge in [0.15, 0.2) is 5.82 Å². The molecule has 0 unspecified atom stereocenters. The number of carbonyl (C=O) groups excluding carboxylic acids is 1. The molecular formula is C37H35F2N9O4S.